The molecule has 3 aliphatic heterocycles. The highest BCUT2D eigenvalue weighted by molar-refractivity contribution is 7.93. The average molecular weight is 734 g/mol. The summed E-state index contributed by atoms with van der Waals surface area (Å²) in [5.74, 6) is -5.70. The van der Waals surface area contributed by atoms with E-state index in [4.69, 9.17) is 29.4 Å². The van der Waals surface area contributed by atoms with Gasteiger partial charge in [-0.05, 0) is 61.1 Å². The Kier molecular flexibility index (Phi) is 13.0. The molecule has 0 aliphatic carbocycles. The third-order valence-electron chi connectivity index (χ3n) is 11.3. The van der Waals surface area contributed by atoms with Crippen LogP contribution in [0, 0.1) is 17.8 Å². The largest absolute Gasteiger partial charge is 0.457 e. The first-order valence-electron chi connectivity index (χ1n) is 17.4. The number of ether oxygens (including phenoxy) is 5. The molecule has 16 heteroatoms. The zero-order valence-corrected chi connectivity index (χ0v) is 32.4. The number of nitrogens with zero attached hydrogens (tertiary/aromatic N) is 2. The summed E-state index contributed by atoms with van der Waals surface area (Å²) in [6.07, 6.45) is -4.90. The summed E-state index contributed by atoms with van der Waals surface area (Å²) in [5.41, 5.74) is 2.75. The summed E-state index contributed by atoms with van der Waals surface area (Å²) in [5, 5.41) is 11.4. The third kappa shape index (κ3) is 7.48. The molecule has 0 aromatic heterocycles. The highest BCUT2D eigenvalue weighted by Crippen LogP contribution is 2.43. The lowest BCUT2D eigenvalue weighted by Crippen LogP contribution is -2.63. The number of amides is 1. The van der Waals surface area contributed by atoms with E-state index in [1.165, 1.54) is 25.9 Å². The first-order valence-corrected chi connectivity index (χ1v) is 19.2. The van der Waals surface area contributed by atoms with Crippen molar-refractivity contribution in [3.05, 3.63) is 0 Å². The lowest BCUT2D eigenvalue weighted by molar-refractivity contribution is -0.295. The molecule has 13 atom stereocenters. The Morgan fingerprint density at radius 2 is 1.66 bits per heavy atom. The van der Waals surface area contributed by atoms with Crippen LogP contribution in [0.4, 0.5) is 4.79 Å². The molecule has 288 valence electrons. The zero-order chi connectivity index (χ0) is 38.3. The molecule has 0 aromatic rings. The van der Waals surface area contributed by atoms with Gasteiger partial charge in [-0.2, -0.15) is 0 Å². The van der Waals surface area contributed by atoms with E-state index in [0.717, 1.165) is 13.2 Å². The number of likely N-dealkylation sites (N-methyl/N-ethyl adjacent to an activating group) is 1. The van der Waals surface area contributed by atoms with Gasteiger partial charge < -0.3 is 39.4 Å². The number of esters is 1. The van der Waals surface area contributed by atoms with Gasteiger partial charge >= 0.3 is 12.1 Å². The van der Waals surface area contributed by atoms with E-state index in [1.807, 2.05) is 11.8 Å². The van der Waals surface area contributed by atoms with Crippen molar-refractivity contribution in [3.8, 4) is 0 Å². The SMILES string of the molecule is CC[C@H]1OC(=O)C(C)(S(C)(=O)=O)C(=O)[C@H](C)[C@@H](OC2O[C@H](C)C[C@H](N(C)C)[C@H]2O)[C@@](C)(OC)C[C@@H](C)C(=O)[C@H](C)C2N(CCN)C(=O)OC21C. The highest BCUT2D eigenvalue weighted by Gasteiger charge is 2.63. The third-order valence-corrected chi connectivity index (χ3v) is 13.2. The lowest BCUT2D eigenvalue weighted by Gasteiger charge is -2.47. The van der Waals surface area contributed by atoms with Crippen LogP contribution < -0.4 is 5.73 Å². The van der Waals surface area contributed by atoms with Gasteiger partial charge in [-0.3, -0.25) is 14.5 Å². The Bertz CT molecular complexity index is 1390. The molecule has 0 radical (unpaired) electrons. The van der Waals surface area contributed by atoms with Gasteiger partial charge in [0.2, 0.25) is 4.75 Å². The van der Waals surface area contributed by atoms with Crippen LogP contribution in [0.15, 0.2) is 0 Å². The van der Waals surface area contributed by atoms with Crippen LogP contribution in [0.5, 0.6) is 0 Å². The van der Waals surface area contributed by atoms with Crippen LogP contribution in [0.25, 0.3) is 0 Å². The number of carbonyl (C=O) groups excluding carboxylic acids is 4. The minimum atomic E-state index is -4.53. The van der Waals surface area contributed by atoms with Crippen molar-refractivity contribution in [3.63, 3.8) is 0 Å². The number of nitrogens with two attached hydrogens (primary N) is 1. The van der Waals surface area contributed by atoms with E-state index in [9.17, 15) is 32.7 Å². The predicted octanol–water partition coefficient (Wildman–Crippen LogP) is 1.32. The number of sulfone groups is 1. The summed E-state index contributed by atoms with van der Waals surface area (Å²) < 4.78 is 54.8. The molecule has 0 spiro atoms. The molecule has 1 amide bonds. The molecule has 0 aromatic carbocycles. The van der Waals surface area contributed by atoms with Crippen LogP contribution in [0.2, 0.25) is 0 Å². The smallest absolute Gasteiger partial charge is 0.410 e. The number of hydrogen-bond donors (Lipinski definition) is 2. The van der Waals surface area contributed by atoms with Crippen molar-refractivity contribution >= 4 is 33.5 Å². The fourth-order valence-electron chi connectivity index (χ4n) is 8.19. The van der Waals surface area contributed by atoms with Crippen molar-refractivity contribution in [2.24, 2.45) is 23.5 Å². The van der Waals surface area contributed by atoms with Crippen molar-refractivity contribution in [2.45, 2.75) is 133 Å². The van der Waals surface area contributed by atoms with E-state index < -0.39 is 92.0 Å². The molecular weight excluding hydrogens is 674 g/mol. The fourth-order valence-corrected chi connectivity index (χ4v) is 9.10. The minimum Gasteiger partial charge on any atom is -0.457 e. The fraction of sp³-hybridized carbons (Fsp3) is 0.882. The molecule has 50 heavy (non-hydrogen) atoms. The second kappa shape index (κ2) is 15.4. The first-order chi connectivity index (χ1) is 23.0. The highest BCUT2D eigenvalue weighted by atomic mass is 32.2. The molecule has 3 saturated heterocycles. The Morgan fingerprint density at radius 3 is 2.16 bits per heavy atom. The predicted molar refractivity (Wildman–Crippen MR) is 183 cm³/mol. The zero-order valence-electron chi connectivity index (χ0n) is 31.6. The number of fused-ring (bicyclic) bond motifs is 1. The Labute approximate surface area is 296 Å². The average Bonchev–Trinajstić information content (AvgIpc) is 3.29. The molecule has 4 unspecified atom stereocenters. The van der Waals surface area contributed by atoms with Gasteiger partial charge in [0.05, 0.1) is 23.9 Å². The number of hydrogen-bond acceptors (Lipinski definition) is 14. The number of aliphatic hydroxyl groups excluding tert-OH is 1. The van der Waals surface area contributed by atoms with Gasteiger partial charge in [-0.25, -0.2) is 18.0 Å². The number of ketones is 2. The van der Waals surface area contributed by atoms with E-state index in [2.05, 4.69) is 0 Å². The van der Waals surface area contributed by atoms with Gasteiger partial charge in [-0.1, -0.05) is 27.7 Å². The van der Waals surface area contributed by atoms with Gasteiger partial charge in [0.25, 0.3) is 0 Å². The molecule has 3 N–H and O–H groups in total. The normalized spacial score (nSPS) is 42.6. The van der Waals surface area contributed by atoms with Gasteiger partial charge in [0.15, 0.2) is 27.5 Å². The topological polar surface area (TPSA) is 201 Å². The summed E-state index contributed by atoms with van der Waals surface area (Å²) >= 11 is 0. The molecule has 0 saturated carbocycles. The monoisotopic (exact) mass is 733 g/mol. The molecule has 15 nitrogen and oxygen atoms in total. The number of Topliss-reactive ketones (excluding diaryl/α,β-unsaturated/α-hetero) is 2. The number of methoxy groups -OCH3 is 1. The van der Waals surface area contributed by atoms with Crippen LogP contribution in [-0.4, -0.2) is 146 Å². The number of carbonyl (C=O) groups is 4. The van der Waals surface area contributed by atoms with Crippen LogP contribution >= 0.6 is 0 Å². The molecule has 3 aliphatic rings. The summed E-state index contributed by atoms with van der Waals surface area (Å²) in [4.78, 5) is 59.7. The minimum absolute atomic E-state index is 0.0309. The van der Waals surface area contributed by atoms with Gasteiger partial charge in [0.1, 0.15) is 18.0 Å². The van der Waals surface area contributed by atoms with Gasteiger partial charge in [0, 0.05) is 50.3 Å². The summed E-state index contributed by atoms with van der Waals surface area (Å²) in [7, 11) is 0.453. The Hall–Kier alpha value is -2.21. The van der Waals surface area contributed by atoms with Gasteiger partial charge in [-0.15, -0.1) is 0 Å². The van der Waals surface area contributed by atoms with Crippen LogP contribution in [0.3, 0.4) is 0 Å². The maximum atomic E-state index is 14.7. The van der Waals surface area contributed by atoms with E-state index in [1.54, 1.807) is 41.8 Å². The second-order valence-corrected chi connectivity index (χ2v) is 17.5. The standard InChI is InChI=1S/C34H59N3O12S/c1-13-23-33(7)26(37(15-14-35)31(42)49-33)20(4)24(38)18(2)17-32(6,45-11)28(48-29-25(39)22(36(9)10)16-19(3)46-29)21(5)27(40)34(8,30(41)47-23)50(12,43)44/h18-23,25-26,28-29,39H,13-17,35H2,1-12H3/t18-,19-,20+,21+,22+,23-,25-,26?,28-,29?,32+,33?,34?/m1/s1. The molecule has 3 fully saturated rings. The summed E-state index contributed by atoms with van der Waals surface area (Å²) in [6.45, 7) is 12.5. The lowest BCUT2D eigenvalue weighted by atomic mass is 9.73. The van der Waals surface area contributed by atoms with E-state index in [-0.39, 0.29) is 43.9 Å². The number of cyclic esters (lactones) is 1. The van der Waals surface area contributed by atoms with Crippen molar-refractivity contribution in [2.75, 3.05) is 40.6 Å². The quantitative estimate of drug-likeness (QED) is 0.267. The second-order valence-electron chi connectivity index (χ2n) is 15.2. The van der Waals surface area contributed by atoms with E-state index in [0.29, 0.717) is 6.42 Å². The van der Waals surface area contributed by atoms with Crippen LogP contribution in [-0.2, 0) is 47.9 Å². The molecule has 3 heterocycles. The molecule has 3 rings (SSSR count). The van der Waals surface area contributed by atoms with Crippen molar-refractivity contribution in [1.82, 2.24) is 9.80 Å². The Morgan fingerprint density at radius 1 is 1.06 bits per heavy atom. The van der Waals surface area contributed by atoms with Crippen molar-refractivity contribution in [1.29, 1.82) is 0 Å². The molecular formula is C34H59N3O12S. The van der Waals surface area contributed by atoms with Crippen molar-refractivity contribution < 1.29 is 56.4 Å². The van der Waals surface area contributed by atoms with Crippen LogP contribution in [0.1, 0.15) is 74.7 Å². The number of rotatable bonds is 8. The first kappa shape index (κ1) is 42.2. The maximum absolute atomic E-state index is 14.7. The summed E-state index contributed by atoms with van der Waals surface area (Å²) in [6, 6.07) is -1.35. The Balaban J connectivity index is 2.30. The maximum Gasteiger partial charge on any atom is 0.410 e. The molecule has 0 bridgehead atoms. The van der Waals surface area contributed by atoms with E-state index >= 15 is 0 Å². The number of aliphatic hydroxyl groups is 1.